The van der Waals surface area contributed by atoms with Gasteiger partial charge in [-0.1, -0.05) is 5.16 Å². The number of nitrogens with two attached hydrogens (primary N) is 1. The van der Waals surface area contributed by atoms with E-state index in [1.54, 1.807) is 18.2 Å². The molecule has 6 heteroatoms. The van der Waals surface area contributed by atoms with E-state index >= 15 is 0 Å². The van der Waals surface area contributed by atoms with Crippen LogP contribution in [0.15, 0.2) is 28.8 Å². The standard InChI is InChI=1S/C14H18N4O2/c1-3-16-14(19)10-4-5-12(15)13(7-10)17-8-11-6-9(2)18-20-11/h4-7,17H,3,8,15H2,1-2H3,(H,16,19). The van der Waals surface area contributed by atoms with E-state index in [0.29, 0.717) is 35.8 Å². The van der Waals surface area contributed by atoms with Gasteiger partial charge < -0.3 is 20.9 Å². The molecule has 0 aliphatic carbocycles. The SMILES string of the molecule is CCNC(=O)c1ccc(N)c(NCc2cc(C)no2)c1. The highest BCUT2D eigenvalue weighted by Gasteiger charge is 2.08. The first-order valence-corrected chi connectivity index (χ1v) is 6.44. The summed E-state index contributed by atoms with van der Waals surface area (Å²) in [5, 5.41) is 9.70. The van der Waals surface area contributed by atoms with Gasteiger partial charge in [-0.2, -0.15) is 0 Å². The first-order chi connectivity index (χ1) is 9.60. The quantitative estimate of drug-likeness (QED) is 0.724. The molecule has 0 saturated carbocycles. The van der Waals surface area contributed by atoms with Crippen molar-refractivity contribution < 1.29 is 9.32 Å². The zero-order valence-corrected chi connectivity index (χ0v) is 11.6. The van der Waals surface area contributed by atoms with E-state index in [0.717, 1.165) is 5.69 Å². The van der Waals surface area contributed by atoms with Gasteiger partial charge in [0.05, 0.1) is 23.6 Å². The number of aryl methyl sites for hydroxylation is 1. The summed E-state index contributed by atoms with van der Waals surface area (Å²) in [7, 11) is 0. The molecule has 4 N–H and O–H groups in total. The van der Waals surface area contributed by atoms with Crippen LogP contribution in [-0.4, -0.2) is 17.6 Å². The fraction of sp³-hybridized carbons (Fsp3) is 0.286. The second-order valence-corrected chi connectivity index (χ2v) is 4.45. The average Bonchev–Trinajstić information content (AvgIpc) is 2.84. The summed E-state index contributed by atoms with van der Waals surface area (Å²) in [6.07, 6.45) is 0. The Morgan fingerprint density at radius 1 is 1.40 bits per heavy atom. The van der Waals surface area contributed by atoms with Crippen molar-refractivity contribution in [1.29, 1.82) is 0 Å². The highest BCUT2D eigenvalue weighted by atomic mass is 16.5. The fourth-order valence-electron chi connectivity index (χ4n) is 1.80. The van der Waals surface area contributed by atoms with Gasteiger partial charge in [0, 0.05) is 18.2 Å². The Morgan fingerprint density at radius 3 is 2.85 bits per heavy atom. The predicted octanol–water partition coefficient (Wildman–Crippen LogP) is 1.93. The number of carbonyl (C=O) groups is 1. The maximum atomic E-state index is 11.8. The number of carbonyl (C=O) groups excluding carboxylic acids is 1. The van der Waals surface area contributed by atoms with Gasteiger partial charge >= 0.3 is 0 Å². The lowest BCUT2D eigenvalue weighted by Gasteiger charge is -2.10. The molecular formula is C14H18N4O2. The van der Waals surface area contributed by atoms with Crippen LogP contribution in [-0.2, 0) is 6.54 Å². The minimum Gasteiger partial charge on any atom is -0.397 e. The number of anilines is 2. The van der Waals surface area contributed by atoms with E-state index < -0.39 is 0 Å². The minimum absolute atomic E-state index is 0.119. The third kappa shape index (κ3) is 3.28. The van der Waals surface area contributed by atoms with E-state index in [1.807, 2.05) is 19.9 Å². The second-order valence-electron chi connectivity index (χ2n) is 4.45. The van der Waals surface area contributed by atoms with E-state index in [4.69, 9.17) is 10.3 Å². The molecule has 0 radical (unpaired) electrons. The van der Waals surface area contributed by atoms with Crippen LogP contribution in [0, 0.1) is 6.92 Å². The van der Waals surface area contributed by atoms with Gasteiger partial charge in [-0.3, -0.25) is 4.79 Å². The van der Waals surface area contributed by atoms with Gasteiger partial charge in [0.2, 0.25) is 0 Å². The van der Waals surface area contributed by atoms with Gasteiger partial charge in [0.1, 0.15) is 0 Å². The highest BCUT2D eigenvalue weighted by Crippen LogP contribution is 2.21. The maximum Gasteiger partial charge on any atom is 0.251 e. The van der Waals surface area contributed by atoms with E-state index in [9.17, 15) is 4.79 Å². The monoisotopic (exact) mass is 274 g/mol. The summed E-state index contributed by atoms with van der Waals surface area (Å²) < 4.78 is 5.11. The number of amides is 1. The Bertz CT molecular complexity index is 607. The summed E-state index contributed by atoms with van der Waals surface area (Å²) in [4.78, 5) is 11.8. The van der Waals surface area contributed by atoms with Crippen molar-refractivity contribution in [3.8, 4) is 0 Å². The summed E-state index contributed by atoms with van der Waals surface area (Å²) in [6, 6.07) is 6.98. The second kappa shape index (κ2) is 6.10. The van der Waals surface area contributed by atoms with Gasteiger partial charge in [-0.15, -0.1) is 0 Å². The zero-order chi connectivity index (χ0) is 14.5. The molecule has 0 aliphatic heterocycles. The van der Waals surface area contributed by atoms with Crippen molar-refractivity contribution in [2.24, 2.45) is 0 Å². The van der Waals surface area contributed by atoms with Crippen LogP contribution in [0.5, 0.6) is 0 Å². The molecule has 0 saturated heterocycles. The van der Waals surface area contributed by atoms with Crippen LogP contribution in [0.1, 0.15) is 28.7 Å². The average molecular weight is 274 g/mol. The van der Waals surface area contributed by atoms with E-state index in [1.165, 1.54) is 0 Å². The third-order valence-electron chi connectivity index (χ3n) is 2.78. The number of aromatic nitrogens is 1. The lowest BCUT2D eigenvalue weighted by atomic mass is 10.1. The maximum absolute atomic E-state index is 11.8. The number of benzene rings is 1. The Labute approximate surface area is 117 Å². The predicted molar refractivity (Wildman–Crippen MR) is 77.4 cm³/mol. The molecule has 0 aliphatic rings. The van der Waals surface area contributed by atoms with Crippen molar-refractivity contribution in [2.45, 2.75) is 20.4 Å². The van der Waals surface area contributed by atoms with E-state index in [-0.39, 0.29) is 5.91 Å². The molecule has 0 bridgehead atoms. The normalized spacial score (nSPS) is 10.3. The Hall–Kier alpha value is -2.50. The number of nitrogens with zero attached hydrogens (tertiary/aromatic N) is 1. The number of nitrogens with one attached hydrogen (secondary N) is 2. The van der Waals surface area contributed by atoms with Gasteiger partial charge in [0.25, 0.3) is 5.91 Å². The molecular weight excluding hydrogens is 256 g/mol. The smallest absolute Gasteiger partial charge is 0.251 e. The highest BCUT2D eigenvalue weighted by molar-refractivity contribution is 5.96. The van der Waals surface area contributed by atoms with Crippen LogP contribution in [0.3, 0.4) is 0 Å². The minimum atomic E-state index is -0.119. The van der Waals surface area contributed by atoms with Crippen molar-refractivity contribution in [3.63, 3.8) is 0 Å². The lowest BCUT2D eigenvalue weighted by molar-refractivity contribution is 0.0956. The molecule has 1 aromatic heterocycles. The van der Waals surface area contributed by atoms with Crippen LogP contribution < -0.4 is 16.4 Å². The molecule has 1 heterocycles. The number of rotatable bonds is 5. The molecule has 0 spiro atoms. The Morgan fingerprint density at radius 2 is 2.20 bits per heavy atom. The van der Waals surface area contributed by atoms with Gasteiger partial charge in [-0.25, -0.2) is 0 Å². The molecule has 20 heavy (non-hydrogen) atoms. The fourth-order valence-corrected chi connectivity index (χ4v) is 1.80. The van der Waals surface area contributed by atoms with Crippen molar-refractivity contribution in [2.75, 3.05) is 17.6 Å². The number of hydrogen-bond acceptors (Lipinski definition) is 5. The lowest BCUT2D eigenvalue weighted by Crippen LogP contribution is -2.22. The summed E-state index contributed by atoms with van der Waals surface area (Å²) >= 11 is 0. The largest absolute Gasteiger partial charge is 0.397 e. The van der Waals surface area contributed by atoms with Gasteiger partial charge in [-0.05, 0) is 32.0 Å². The van der Waals surface area contributed by atoms with E-state index in [2.05, 4.69) is 15.8 Å². The summed E-state index contributed by atoms with van der Waals surface area (Å²) in [5.74, 6) is 0.594. The Kier molecular flexibility index (Phi) is 4.24. The number of nitrogen functional groups attached to an aromatic ring is 1. The molecule has 0 fully saturated rings. The first-order valence-electron chi connectivity index (χ1n) is 6.44. The summed E-state index contributed by atoms with van der Waals surface area (Å²) in [6.45, 7) is 4.78. The zero-order valence-electron chi connectivity index (χ0n) is 11.6. The van der Waals surface area contributed by atoms with Crippen LogP contribution >= 0.6 is 0 Å². The van der Waals surface area contributed by atoms with Crippen LogP contribution in [0.4, 0.5) is 11.4 Å². The summed E-state index contributed by atoms with van der Waals surface area (Å²) in [5.41, 5.74) is 8.56. The molecule has 1 aromatic carbocycles. The molecule has 2 aromatic rings. The first kappa shape index (κ1) is 13.9. The van der Waals surface area contributed by atoms with Gasteiger partial charge in [0.15, 0.2) is 5.76 Å². The molecule has 6 nitrogen and oxygen atoms in total. The Balaban J connectivity index is 2.10. The molecule has 0 atom stereocenters. The molecule has 2 rings (SSSR count). The molecule has 1 amide bonds. The third-order valence-corrected chi connectivity index (χ3v) is 2.78. The van der Waals surface area contributed by atoms with Crippen molar-refractivity contribution in [1.82, 2.24) is 10.5 Å². The van der Waals surface area contributed by atoms with Crippen LogP contribution in [0.25, 0.3) is 0 Å². The molecule has 106 valence electrons. The van der Waals surface area contributed by atoms with Crippen molar-refractivity contribution >= 4 is 17.3 Å². The van der Waals surface area contributed by atoms with Crippen molar-refractivity contribution in [3.05, 3.63) is 41.3 Å². The van der Waals surface area contributed by atoms with Crippen LogP contribution in [0.2, 0.25) is 0 Å². The molecule has 0 unspecified atom stereocenters. The topological polar surface area (TPSA) is 93.2 Å². The number of hydrogen-bond donors (Lipinski definition) is 3.